The molecule has 2 N–H and O–H groups in total. The molecule has 1 aromatic carbocycles. The first kappa shape index (κ1) is 19.8. The molecule has 0 radical (unpaired) electrons. The van der Waals surface area contributed by atoms with E-state index in [9.17, 15) is 14.4 Å². The Bertz CT molecular complexity index is 830. The number of amides is 2. The lowest BCUT2D eigenvalue weighted by Gasteiger charge is -2.07. The molecule has 7 nitrogen and oxygen atoms in total. The molecule has 0 aliphatic rings. The number of ether oxygens (including phenoxy) is 1. The number of benzene rings is 1. The third kappa shape index (κ3) is 6.07. The highest BCUT2D eigenvalue weighted by atomic mass is 16.5. The predicted octanol–water partition coefficient (Wildman–Crippen LogP) is 2.69. The Morgan fingerprint density at radius 3 is 2.41 bits per heavy atom. The monoisotopic (exact) mass is 367 g/mol. The highest BCUT2D eigenvalue weighted by Crippen LogP contribution is 2.13. The predicted molar refractivity (Wildman–Crippen MR) is 101 cm³/mol. The van der Waals surface area contributed by atoms with E-state index in [2.05, 4.69) is 15.6 Å². The fourth-order valence-corrected chi connectivity index (χ4v) is 2.23. The van der Waals surface area contributed by atoms with Crippen molar-refractivity contribution in [2.45, 2.75) is 20.4 Å². The largest absolute Gasteiger partial charge is 0.462 e. The van der Waals surface area contributed by atoms with Crippen LogP contribution in [0.15, 0.2) is 54.9 Å². The maximum Gasteiger partial charge on any atom is 0.339 e. The van der Waals surface area contributed by atoms with Crippen molar-refractivity contribution in [1.29, 1.82) is 0 Å². The number of carbonyl (C=O) groups is 3. The zero-order chi connectivity index (χ0) is 19.6. The number of rotatable bonds is 7. The molecule has 0 unspecified atom stereocenters. The van der Waals surface area contributed by atoms with E-state index in [1.54, 1.807) is 31.2 Å². The van der Waals surface area contributed by atoms with Crippen molar-refractivity contribution < 1.29 is 19.1 Å². The van der Waals surface area contributed by atoms with Gasteiger partial charge in [-0.1, -0.05) is 30.3 Å². The van der Waals surface area contributed by atoms with E-state index >= 15 is 0 Å². The van der Waals surface area contributed by atoms with Crippen molar-refractivity contribution >= 4 is 23.4 Å². The second kappa shape index (κ2) is 9.86. The number of Topliss-reactive ketones (excluding diaryl/α,β-unsaturated/α-hetero) is 1. The molecule has 0 saturated carbocycles. The molecule has 0 bridgehead atoms. The van der Waals surface area contributed by atoms with Gasteiger partial charge in [-0.05, 0) is 31.5 Å². The Morgan fingerprint density at radius 2 is 1.81 bits per heavy atom. The van der Waals surface area contributed by atoms with E-state index in [0.717, 1.165) is 5.56 Å². The summed E-state index contributed by atoms with van der Waals surface area (Å²) in [4.78, 5) is 39.4. The zero-order valence-corrected chi connectivity index (χ0v) is 15.2. The van der Waals surface area contributed by atoms with Crippen molar-refractivity contribution in [3.8, 4) is 0 Å². The van der Waals surface area contributed by atoms with E-state index in [1.165, 1.54) is 19.3 Å². The third-order valence-corrected chi connectivity index (χ3v) is 3.58. The molecule has 0 aliphatic heterocycles. The number of hydrogen-bond acceptors (Lipinski definition) is 5. The average molecular weight is 367 g/mol. The first-order valence-corrected chi connectivity index (χ1v) is 8.44. The first-order valence-electron chi connectivity index (χ1n) is 8.44. The van der Waals surface area contributed by atoms with Crippen LogP contribution in [0.25, 0.3) is 5.57 Å². The van der Waals surface area contributed by atoms with E-state index in [4.69, 9.17) is 4.74 Å². The topological polar surface area (TPSA) is 97.4 Å². The number of aromatic nitrogens is 1. The van der Waals surface area contributed by atoms with Crippen LogP contribution < -0.4 is 10.6 Å². The van der Waals surface area contributed by atoms with Crippen LogP contribution in [0.2, 0.25) is 0 Å². The maximum atomic E-state index is 12.0. The number of pyridine rings is 1. The minimum absolute atomic E-state index is 0.155. The van der Waals surface area contributed by atoms with E-state index < -0.39 is 12.0 Å². The fourth-order valence-electron chi connectivity index (χ4n) is 2.23. The maximum absolute atomic E-state index is 12.0. The molecule has 2 aromatic rings. The Hall–Kier alpha value is -3.48. The van der Waals surface area contributed by atoms with Crippen LogP contribution in [-0.2, 0) is 16.1 Å². The number of allylic oxidation sites excluding steroid dienone is 1. The van der Waals surface area contributed by atoms with Gasteiger partial charge in [-0.25, -0.2) is 9.59 Å². The molecule has 1 aromatic heterocycles. The van der Waals surface area contributed by atoms with Crippen LogP contribution in [0.3, 0.4) is 0 Å². The quantitative estimate of drug-likeness (QED) is 0.579. The van der Waals surface area contributed by atoms with Crippen LogP contribution in [0.4, 0.5) is 4.79 Å². The van der Waals surface area contributed by atoms with Crippen molar-refractivity contribution in [2.75, 3.05) is 6.61 Å². The molecular formula is C20H21N3O4. The molecule has 7 heteroatoms. The van der Waals surface area contributed by atoms with Gasteiger partial charge < -0.3 is 15.4 Å². The Balaban J connectivity index is 1.92. The van der Waals surface area contributed by atoms with Crippen LogP contribution in [-0.4, -0.2) is 29.4 Å². The van der Waals surface area contributed by atoms with Gasteiger partial charge >= 0.3 is 12.0 Å². The van der Waals surface area contributed by atoms with E-state index in [0.29, 0.717) is 23.4 Å². The highest BCUT2D eigenvalue weighted by Gasteiger charge is 2.09. The van der Waals surface area contributed by atoms with Gasteiger partial charge in [-0.3, -0.25) is 9.78 Å². The van der Waals surface area contributed by atoms with Crippen LogP contribution >= 0.6 is 0 Å². The lowest BCUT2D eigenvalue weighted by Crippen LogP contribution is -2.32. The molecule has 0 atom stereocenters. The third-order valence-electron chi connectivity index (χ3n) is 3.58. The lowest BCUT2D eigenvalue weighted by molar-refractivity contribution is -0.111. The molecule has 27 heavy (non-hydrogen) atoms. The zero-order valence-electron chi connectivity index (χ0n) is 15.2. The Kier molecular flexibility index (Phi) is 7.25. The molecule has 2 rings (SSSR count). The van der Waals surface area contributed by atoms with Gasteiger partial charge in [-0.15, -0.1) is 0 Å². The van der Waals surface area contributed by atoms with E-state index in [1.807, 2.05) is 18.2 Å². The molecule has 0 saturated heterocycles. The number of nitrogens with zero attached hydrogens (tertiary/aromatic N) is 1. The molecule has 0 spiro atoms. The van der Waals surface area contributed by atoms with Crippen molar-refractivity contribution in [1.82, 2.24) is 15.6 Å². The van der Waals surface area contributed by atoms with Crippen molar-refractivity contribution in [3.05, 3.63) is 71.7 Å². The van der Waals surface area contributed by atoms with Gasteiger partial charge in [0.15, 0.2) is 5.78 Å². The molecule has 140 valence electrons. The number of hydrogen-bond donors (Lipinski definition) is 2. The van der Waals surface area contributed by atoms with E-state index in [-0.39, 0.29) is 12.3 Å². The van der Waals surface area contributed by atoms with Crippen LogP contribution in [0, 0.1) is 0 Å². The summed E-state index contributed by atoms with van der Waals surface area (Å²) in [5.41, 5.74) is 2.06. The summed E-state index contributed by atoms with van der Waals surface area (Å²) < 4.78 is 4.88. The normalized spacial score (nSPS) is 10.8. The summed E-state index contributed by atoms with van der Waals surface area (Å²) >= 11 is 0. The number of urea groups is 1. The highest BCUT2D eigenvalue weighted by molar-refractivity contribution is 6.19. The second-order valence-corrected chi connectivity index (χ2v) is 5.57. The number of ketones is 1. The van der Waals surface area contributed by atoms with Gasteiger partial charge in [0.1, 0.15) is 0 Å². The Labute approximate surface area is 157 Å². The smallest absolute Gasteiger partial charge is 0.339 e. The first-order chi connectivity index (χ1) is 13.0. The summed E-state index contributed by atoms with van der Waals surface area (Å²) in [5.74, 6) is -0.595. The summed E-state index contributed by atoms with van der Waals surface area (Å²) in [5, 5.41) is 5.18. The summed E-state index contributed by atoms with van der Waals surface area (Å²) in [6.45, 7) is 3.63. The summed E-state index contributed by atoms with van der Waals surface area (Å²) in [6.07, 6.45) is 2.78. The number of nitrogens with one attached hydrogen (secondary N) is 2. The summed E-state index contributed by atoms with van der Waals surface area (Å²) in [7, 11) is 0. The van der Waals surface area contributed by atoms with Crippen LogP contribution in [0.5, 0.6) is 0 Å². The van der Waals surface area contributed by atoms with Crippen molar-refractivity contribution in [3.63, 3.8) is 0 Å². The molecule has 1 heterocycles. The minimum atomic E-state index is -0.471. The van der Waals surface area contributed by atoms with Gasteiger partial charge in [0, 0.05) is 18.0 Å². The number of carbonyl (C=O) groups excluding carboxylic acids is 3. The molecule has 0 aliphatic carbocycles. The second-order valence-electron chi connectivity index (χ2n) is 5.57. The van der Waals surface area contributed by atoms with Gasteiger partial charge in [0.2, 0.25) is 0 Å². The van der Waals surface area contributed by atoms with Crippen LogP contribution in [0.1, 0.15) is 35.5 Å². The van der Waals surface area contributed by atoms with Gasteiger partial charge in [-0.2, -0.15) is 0 Å². The van der Waals surface area contributed by atoms with Gasteiger partial charge in [0.25, 0.3) is 0 Å². The Morgan fingerprint density at radius 1 is 1.07 bits per heavy atom. The fraction of sp³-hybridized carbons (Fsp3) is 0.200. The number of esters is 1. The summed E-state index contributed by atoms with van der Waals surface area (Å²) in [6, 6.07) is 11.8. The molecule has 0 fully saturated rings. The lowest BCUT2D eigenvalue weighted by atomic mass is 10.0. The average Bonchev–Trinajstić information content (AvgIpc) is 2.67. The SMILES string of the molecule is CCOC(=O)c1ccc(CNC(=O)N/C=C(/C(C)=O)c2ccccc2)nc1. The minimum Gasteiger partial charge on any atom is -0.462 e. The van der Waals surface area contributed by atoms with Gasteiger partial charge in [0.05, 0.1) is 24.4 Å². The van der Waals surface area contributed by atoms with Crippen molar-refractivity contribution in [2.24, 2.45) is 0 Å². The molecule has 2 amide bonds. The molecular weight excluding hydrogens is 346 g/mol. The standard InChI is InChI=1S/C20H21N3O4/c1-3-27-19(25)16-9-10-17(21-11-16)12-22-20(26)23-13-18(14(2)24)15-7-5-4-6-8-15/h4-11,13H,3,12H2,1-2H3,(H2,22,23,26)/b18-13-.